The van der Waals surface area contributed by atoms with Gasteiger partial charge in [-0.1, -0.05) is 55.7 Å². The van der Waals surface area contributed by atoms with Crippen LogP contribution in [0.25, 0.3) is 11.1 Å². The second-order valence-electron chi connectivity index (χ2n) is 9.44. The van der Waals surface area contributed by atoms with Crippen LogP contribution in [-0.2, 0) is 4.79 Å². The standard InChI is InChI=1S/C28H33N5O/c1-19-25-15-22(12-13-26(25)33-32-19)23-14-24(17-29-16-23)31-27(20-8-4-2-5-9-20)18-30-28(34)21-10-6-3-7-11-21/h2,4-5,8-9,12-17,19,21,27,31-33H,3,6-7,10-11,18H2,1H3,(H,30,34)/t19?,27-/m0/s1. The molecule has 4 N–H and O–H groups in total. The Balaban J connectivity index is 1.33. The van der Waals surface area contributed by atoms with Gasteiger partial charge in [-0.05, 0) is 54.7 Å². The number of hydrogen-bond acceptors (Lipinski definition) is 5. The van der Waals surface area contributed by atoms with Gasteiger partial charge in [-0.2, -0.15) is 0 Å². The van der Waals surface area contributed by atoms with Gasteiger partial charge in [-0.3, -0.25) is 9.78 Å². The minimum Gasteiger partial charge on any atom is -0.375 e. The molecule has 2 aliphatic rings. The topological polar surface area (TPSA) is 78.1 Å². The van der Waals surface area contributed by atoms with Gasteiger partial charge in [0.25, 0.3) is 0 Å². The number of rotatable bonds is 7. The van der Waals surface area contributed by atoms with Crippen LogP contribution < -0.4 is 21.5 Å². The predicted octanol–water partition coefficient (Wildman–Crippen LogP) is 5.59. The SMILES string of the molecule is CC1NNc2ccc(-c3cncc(N[C@@H](CNC(=O)C4CCCCC4)c4ccccc4)c3)cc21. The van der Waals surface area contributed by atoms with Gasteiger partial charge < -0.3 is 16.1 Å². The third-order valence-electron chi connectivity index (χ3n) is 7.01. The van der Waals surface area contributed by atoms with Crippen LogP contribution >= 0.6 is 0 Å². The lowest BCUT2D eigenvalue weighted by atomic mass is 9.88. The number of benzene rings is 2. The fraction of sp³-hybridized carbons (Fsp3) is 0.357. The first kappa shape index (κ1) is 22.4. The van der Waals surface area contributed by atoms with E-state index in [2.05, 4.69) is 69.8 Å². The number of hydrogen-bond donors (Lipinski definition) is 4. The number of nitrogens with zero attached hydrogens (tertiary/aromatic N) is 1. The normalized spacial score (nSPS) is 18.6. The third kappa shape index (κ3) is 5.07. The number of amides is 1. The summed E-state index contributed by atoms with van der Waals surface area (Å²) in [4.78, 5) is 17.3. The number of aromatic nitrogens is 1. The first-order valence-corrected chi connectivity index (χ1v) is 12.4. The molecule has 2 atom stereocenters. The molecule has 6 nitrogen and oxygen atoms in total. The van der Waals surface area contributed by atoms with Gasteiger partial charge in [-0.25, -0.2) is 5.43 Å². The van der Waals surface area contributed by atoms with E-state index in [0.29, 0.717) is 6.54 Å². The maximum Gasteiger partial charge on any atom is 0.223 e. The lowest BCUT2D eigenvalue weighted by Gasteiger charge is -2.24. The molecule has 1 aliphatic heterocycles. The zero-order valence-electron chi connectivity index (χ0n) is 19.7. The fourth-order valence-corrected chi connectivity index (χ4v) is 5.01. The molecule has 1 aliphatic carbocycles. The maximum absolute atomic E-state index is 12.8. The fourth-order valence-electron chi connectivity index (χ4n) is 5.01. The lowest BCUT2D eigenvalue weighted by molar-refractivity contribution is -0.125. The Morgan fingerprint density at radius 1 is 1.03 bits per heavy atom. The van der Waals surface area contributed by atoms with Crippen LogP contribution in [0, 0.1) is 5.92 Å². The number of hydrazine groups is 1. The minimum absolute atomic E-state index is 0.0424. The number of pyridine rings is 1. The average Bonchev–Trinajstić information content (AvgIpc) is 3.27. The molecule has 0 bridgehead atoms. The Labute approximate surface area is 201 Å². The second-order valence-corrected chi connectivity index (χ2v) is 9.44. The highest BCUT2D eigenvalue weighted by molar-refractivity contribution is 5.79. The van der Waals surface area contributed by atoms with E-state index >= 15 is 0 Å². The van der Waals surface area contributed by atoms with Gasteiger partial charge in [0.05, 0.1) is 23.5 Å². The van der Waals surface area contributed by atoms with Gasteiger partial charge in [0, 0.05) is 30.4 Å². The predicted molar refractivity (Wildman–Crippen MR) is 137 cm³/mol. The maximum atomic E-state index is 12.8. The first-order chi connectivity index (χ1) is 16.7. The number of carbonyl (C=O) groups excluding carboxylic acids is 1. The van der Waals surface area contributed by atoms with E-state index < -0.39 is 0 Å². The van der Waals surface area contributed by atoms with E-state index in [9.17, 15) is 4.79 Å². The summed E-state index contributed by atoms with van der Waals surface area (Å²) in [5, 5.41) is 6.84. The summed E-state index contributed by atoms with van der Waals surface area (Å²) in [6, 6.07) is 19.1. The molecule has 3 aromatic rings. The second kappa shape index (κ2) is 10.3. The molecule has 2 aromatic carbocycles. The molecule has 1 fully saturated rings. The highest BCUT2D eigenvalue weighted by Gasteiger charge is 2.22. The largest absolute Gasteiger partial charge is 0.375 e. The number of anilines is 2. The van der Waals surface area contributed by atoms with Gasteiger partial charge in [0.15, 0.2) is 0 Å². The highest BCUT2D eigenvalue weighted by atomic mass is 16.1. The van der Waals surface area contributed by atoms with Crippen molar-refractivity contribution in [2.45, 2.75) is 51.1 Å². The van der Waals surface area contributed by atoms with Crippen LogP contribution in [0.5, 0.6) is 0 Å². The Bertz CT molecular complexity index is 1130. The summed E-state index contributed by atoms with van der Waals surface area (Å²) < 4.78 is 0. The molecule has 176 valence electrons. The Morgan fingerprint density at radius 2 is 1.85 bits per heavy atom. The smallest absolute Gasteiger partial charge is 0.223 e. The summed E-state index contributed by atoms with van der Waals surface area (Å²) in [7, 11) is 0. The van der Waals surface area contributed by atoms with Crippen molar-refractivity contribution < 1.29 is 4.79 Å². The molecular weight excluding hydrogens is 422 g/mol. The van der Waals surface area contributed by atoms with E-state index in [-0.39, 0.29) is 23.9 Å². The summed E-state index contributed by atoms with van der Waals surface area (Å²) in [5.74, 6) is 0.338. The van der Waals surface area contributed by atoms with Crippen LogP contribution in [0.1, 0.15) is 62.2 Å². The minimum atomic E-state index is -0.0424. The lowest BCUT2D eigenvalue weighted by Crippen LogP contribution is -2.36. The summed E-state index contributed by atoms with van der Waals surface area (Å²) in [6.07, 6.45) is 9.32. The van der Waals surface area contributed by atoms with E-state index in [1.165, 1.54) is 12.0 Å². The molecule has 0 spiro atoms. The Kier molecular flexibility index (Phi) is 6.77. The highest BCUT2D eigenvalue weighted by Crippen LogP contribution is 2.33. The molecule has 34 heavy (non-hydrogen) atoms. The summed E-state index contributed by atoms with van der Waals surface area (Å²) in [6.45, 7) is 2.68. The van der Waals surface area contributed by atoms with Crippen LogP contribution in [0.2, 0.25) is 0 Å². The van der Waals surface area contributed by atoms with Crippen LogP contribution in [0.3, 0.4) is 0 Å². The number of nitrogens with one attached hydrogen (secondary N) is 4. The van der Waals surface area contributed by atoms with Gasteiger partial charge in [0.1, 0.15) is 0 Å². The van der Waals surface area contributed by atoms with E-state index in [0.717, 1.165) is 53.7 Å². The zero-order valence-corrected chi connectivity index (χ0v) is 19.7. The molecule has 0 radical (unpaired) electrons. The average molecular weight is 456 g/mol. The molecule has 1 unspecified atom stereocenters. The number of carbonyl (C=O) groups is 1. The van der Waals surface area contributed by atoms with Crippen LogP contribution in [0.15, 0.2) is 67.0 Å². The van der Waals surface area contributed by atoms with E-state index in [4.69, 9.17) is 0 Å². The van der Waals surface area contributed by atoms with Gasteiger partial charge >= 0.3 is 0 Å². The first-order valence-electron chi connectivity index (χ1n) is 12.4. The van der Waals surface area contributed by atoms with Crippen molar-refractivity contribution in [2.24, 2.45) is 5.92 Å². The van der Waals surface area contributed by atoms with Crippen molar-refractivity contribution in [3.8, 4) is 11.1 Å². The van der Waals surface area contributed by atoms with E-state index in [1.54, 1.807) is 0 Å². The number of fused-ring (bicyclic) bond motifs is 1. The molecule has 2 heterocycles. The van der Waals surface area contributed by atoms with Crippen molar-refractivity contribution in [2.75, 3.05) is 17.3 Å². The Hall–Kier alpha value is -3.38. The Morgan fingerprint density at radius 3 is 2.68 bits per heavy atom. The summed E-state index contributed by atoms with van der Waals surface area (Å²) >= 11 is 0. The summed E-state index contributed by atoms with van der Waals surface area (Å²) in [5.41, 5.74) is 13.1. The molecule has 5 rings (SSSR count). The van der Waals surface area contributed by atoms with Crippen molar-refractivity contribution >= 4 is 17.3 Å². The van der Waals surface area contributed by atoms with Crippen LogP contribution in [0.4, 0.5) is 11.4 Å². The molecule has 0 saturated heterocycles. The molecular formula is C28H33N5O. The molecule has 6 heteroatoms. The monoisotopic (exact) mass is 455 g/mol. The van der Waals surface area contributed by atoms with Gasteiger partial charge in [0.2, 0.25) is 5.91 Å². The van der Waals surface area contributed by atoms with Crippen molar-refractivity contribution in [1.29, 1.82) is 0 Å². The molecule has 1 saturated carbocycles. The van der Waals surface area contributed by atoms with Gasteiger partial charge in [-0.15, -0.1) is 0 Å². The molecule has 1 aromatic heterocycles. The zero-order chi connectivity index (χ0) is 23.3. The van der Waals surface area contributed by atoms with E-state index in [1.807, 2.05) is 30.6 Å². The van der Waals surface area contributed by atoms with Crippen molar-refractivity contribution in [3.05, 3.63) is 78.1 Å². The van der Waals surface area contributed by atoms with Crippen molar-refractivity contribution in [3.63, 3.8) is 0 Å². The quantitative estimate of drug-likeness (QED) is 0.374. The van der Waals surface area contributed by atoms with Crippen molar-refractivity contribution in [1.82, 2.24) is 15.7 Å². The van der Waals surface area contributed by atoms with Crippen LogP contribution in [-0.4, -0.2) is 17.4 Å². The molecule has 1 amide bonds. The third-order valence-corrected chi connectivity index (χ3v) is 7.01.